The minimum Gasteiger partial charge on any atom is -1.00 e. The van der Waals surface area contributed by atoms with E-state index in [1.165, 1.54) is 11.1 Å². The van der Waals surface area contributed by atoms with Gasteiger partial charge >= 0.3 is 17.1 Å². The van der Waals surface area contributed by atoms with Crippen LogP contribution in [0.3, 0.4) is 0 Å². The SMILES string of the molecule is CCc1cccc(CC)c1N=C1C=CC=CC1c1ccc2ccc3cccnc3c2n1.[Cl-].[Cl-].[Fe+2]. The Hall–Kier alpha value is -2.49. The van der Waals surface area contributed by atoms with Crippen LogP contribution < -0.4 is 24.8 Å². The fourth-order valence-corrected chi connectivity index (χ4v) is 4.29. The predicted octanol–water partition coefficient (Wildman–Crippen LogP) is 0.896. The van der Waals surface area contributed by atoms with Crippen LogP contribution in [0.2, 0.25) is 0 Å². The summed E-state index contributed by atoms with van der Waals surface area (Å²) >= 11 is 0. The number of halogens is 2. The summed E-state index contributed by atoms with van der Waals surface area (Å²) in [6.45, 7) is 4.38. The molecule has 2 aromatic heterocycles. The molecule has 2 heterocycles. The second-order valence-electron chi connectivity index (χ2n) is 7.84. The van der Waals surface area contributed by atoms with Gasteiger partial charge in [-0.05, 0) is 42.2 Å². The minimum absolute atomic E-state index is 0. The molecule has 0 saturated carbocycles. The normalized spacial score (nSPS) is 15.6. The predicted molar refractivity (Wildman–Crippen MR) is 130 cm³/mol. The van der Waals surface area contributed by atoms with Gasteiger partial charge in [0.25, 0.3) is 0 Å². The number of aryl methyl sites for hydroxylation is 2. The van der Waals surface area contributed by atoms with Crippen molar-refractivity contribution >= 4 is 33.2 Å². The summed E-state index contributed by atoms with van der Waals surface area (Å²) in [5.41, 5.74) is 7.60. The van der Waals surface area contributed by atoms with Crippen LogP contribution in [0.1, 0.15) is 36.6 Å². The van der Waals surface area contributed by atoms with E-state index in [2.05, 4.69) is 91.7 Å². The number of rotatable bonds is 4. The Balaban J connectivity index is 0.00000136. The van der Waals surface area contributed by atoms with E-state index in [1.54, 1.807) is 0 Å². The van der Waals surface area contributed by atoms with Crippen LogP contribution >= 0.6 is 0 Å². The van der Waals surface area contributed by atoms with E-state index < -0.39 is 0 Å². The number of hydrogen-bond donors (Lipinski definition) is 0. The number of aliphatic imine (C=N–C) groups is 1. The minimum atomic E-state index is 0. The Morgan fingerprint density at radius 2 is 1.47 bits per heavy atom. The standard InChI is InChI=1S/C28H25N3.2ClH.Fe/c1-3-19-9-7-10-20(4-2)26(19)30-24-13-6-5-12-23(24)25-17-16-22-15-14-21-11-8-18-29-27(21)28(22)31-25;;;/h5-18,23H,3-4H2,1-2H3;2*1H;/q;;;+2/p-2. The van der Waals surface area contributed by atoms with Crippen molar-refractivity contribution in [2.24, 2.45) is 4.99 Å². The van der Waals surface area contributed by atoms with Gasteiger partial charge in [0.1, 0.15) is 0 Å². The second kappa shape index (κ2) is 12.3. The molecule has 1 atom stereocenters. The molecular formula is C28H25Cl2FeN3. The summed E-state index contributed by atoms with van der Waals surface area (Å²) in [6.07, 6.45) is 12.2. The quantitative estimate of drug-likeness (QED) is 0.291. The monoisotopic (exact) mass is 529 g/mol. The van der Waals surface area contributed by atoms with E-state index in [0.717, 1.165) is 51.7 Å². The van der Waals surface area contributed by atoms with Crippen LogP contribution in [0, 0.1) is 0 Å². The molecule has 1 unspecified atom stereocenters. The van der Waals surface area contributed by atoms with Crippen LogP contribution in [0.15, 0.2) is 90.1 Å². The van der Waals surface area contributed by atoms with E-state index >= 15 is 0 Å². The number of nitrogens with zero attached hydrogens (tertiary/aromatic N) is 3. The molecular weight excluding hydrogens is 505 g/mol. The molecule has 0 aliphatic heterocycles. The number of para-hydroxylation sites is 1. The van der Waals surface area contributed by atoms with Gasteiger partial charge in [-0.3, -0.25) is 9.98 Å². The van der Waals surface area contributed by atoms with E-state index in [9.17, 15) is 0 Å². The maximum absolute atomic E-state index is 5.18. The fourth-order valence-electron chi connectivity index (χ4n) is 4.29. The maximum Gasteiger partial charge on any atom is 2.00 e. The molecule has 5 rings (SSSR count). The van der Waals surface area contributed by atoms with Crippen LogP contribution in [0.5, 0.6) is 0 Å². The van der Waals surface area contributed by atoms with Gasteiger partial charge < -0.3 is 24.8 Å². The van der Waals surface area contributed by atoms with Crippen LogP contribution in [-0.4, -0.2) is 15.7 Å². The topological polar surface area (TPSA) is 38.1 Å². The molecule has 174 valence electrons. The molecule has 0 fully saturated rings. The van der Waals surface area contributed by atoms with Crippen LogP contribution in [0.25, 0.3) is 21.8 Å². The van der Waals surface area contributed by atoms with Crippen molar-refractivity contribution in [1.82, 2.24) is 9.97 Å². The summed E-state index contributed by atoms with van der Waals surface area (Å²) in [5.74, 6) is 0.0167. The number of allylic oxidation sites excluding steroid dienone is 4. The molecule has 1 aliphatic rings. The molecule has 0 amide bonds. The first-order chi connectivity index (χ1) is 15.3. The largest absolute Gasteiger partial charge is 2.00 e. The van der Waals surface area contributed by atoms with Gasteiger partial charge in [0, 0.05) is 17.0 Å². The van der Waals surface area contributed by atoms with Gasteiger partial charge in [-0.2, -0.15) is 0 Å². The summed E-state index contributed by atoms with van der Waals surface area (Å²) in [7, 11) is 0. The third-order valence-corrected chi connectivity index (χ3v) is 5.98. The molecule has 6 heteroatoms. The molecule has 3 nitrogen and oxygen atoms in total. The number of pyridine rings is 2. The molecule has 0 spiro atoms. The van der Waals surface area contributed by atoms with Gasteiger partial charge in [0.15, 0.2) is 0 Å². The van der Waals surface area contributed by atoms with E-state index in [0.29, 0.717) is 0 Å². The first kappa shape index (κ1) is 27.8. The third-order valence-electron chi connectivity index (χ3n) is 5.98. The molecule has 0 N–H and O–H groups in total. The van der Waals surface area contributed by atoms with Crippen molar-refractivity contribution in [3.8, 4) is 0 Å². The summed E-state index contributed by atoms with van der Waals surface area (Å²) in [6, 6.07) is 19.0. The maximum atomic E-state index is 5.18. The van der Waals surface area contributed by atoms with Crippen molar-refractivity contribution in [1.29, 1.82) is 0 Å². The molecule has 0 saturated heterocycles. The van der Waals surface area contributed by atoms with Crippen LogP contribution in [-0.2, 0) is 29.9 Å². The average Bonchev–Trinajstić information content (AvgIpc) is 2.84. The molecule has 4 aromatic rings. The Morgan fingerprint density at radius 1 is 0.794 bits per heavy atom. The zero-order valence-corrected chi connectivity index (χ0v) is 21.6. The van der Waals surface area contributed by atoms with Crippen molar-refractivity contribution in [3.63, 3.8) is 0 Å². The Labute approximate surface area is 223 Å². The molecule has 2 aromatic carbocycles. The third kappa shape index (κ3) is 5.26. The van der Waals surface area contributed by atoms with Crippen molar-refractivity contribution < 1.29 is 41.9 Å². The number of aromatic nitrogens is 2. The first-order valence-corrected chi connectivity index (χ1v) is 11.0. The van der Waals surface area contributed by atoms with E-state index in [1.807, 2.05) is 12.3 Å². The zero-order chi connectivity index (χ0) is 21.2. The van der Waals surface area contributed by atoms with Gasteiger partial charge in [0.2, 0.25) is 0 Å². The van der Waals surface area contributed by atoms with Crippen molar-refractivity contribution in [2.45, 2.75) is 32.6 Å². The molecule has 0 radical (unpaired) electrons. The molecule has 0 bridgehead atoms. The zero-order valence-electron chi connectivity index (χ0n) is 19.0. The average molecular weight is 530 g/mol. The molecule has 1 aliphatic carbocycles. The van der Waals surface area contributed by atoms with E-state index in [4.69, 9.17) is 9.98 Å². The van der Waals surface area contributed by atoms with Gasteiger partial charge in [-0.15, -0.1) is 0 Å². The number of hydrogen-bond acceptors (Lipinski definition) is 3. The van der Waals surface area contributed by atoms with E-state index in [-0.39, 0.29) is 47.8 Å². The number of benzene rings is 2. The van der Waals surface area contributed by atoms with Gasteiger partial charge in [-0.1, -0.05) is 74.5 Å². The van der Waals surface area contributed by atoms with Gasteiger partial charge in [0.05, 0.1) is 34.0 Å². The van der Waals surface area contributed by atoms with Crippen molar-refractivity contribution in [3.05, 3.63) is 102 Å². The van der Waals surface area contributed by atoms with Gasteiger partial charge in [-0.25, -0.2) is 4.98 Å². The summed E-state index contributed by atoms with van der Waals surface area (Å²) < 4.78 is 0. The summed E-state index contributed by atoms with van der Waals surface area (Å²) in [5, 5.41) is 2.21. The smallest absolute Gasteiger partial charge is 1.00 e. The number of fused-ring (bicyclic) bond motifs is 3. The van der Waals surface area contributed by atoms with Crippen molar-refractivity contribution in [2.75, 3.05) is 0 Å². The fraction of sp³-hybridized carbons (Fsp3) is 0.179. The first-order valence-electron chi connectivity index (χ1n) is 11.0. The second-order valence-corrected chi connectivity index (χ2v) is 7.84. The summed E-state index contributed by atoms with van der Waals surface area (Å²) in [4.78, 5) is 14.9. The Kier molecular flexibility index (Phi) is 10.0. The Bertz CT molecular complexity index is 1360. The molecule has 34 heavy (non-hydrogen) atoms. The Morgan fingerprint density at radius 3 is 2.18 bits per heavy atom. The van der Waals surface area contributed by atoms with Crippen LogP contribution in [0.4, 0.5) is 5.69 Å².